The van der Waals surface area contributed by atoms with Gasteiger partial charge < -0.3 is 10.1 Å². The van der Waals surface area contributed by atoms with Crippen LogP contribution in [0.25, 0.3) is 0 Å². The number of carbonyl (C=O) groups excluding carboxylic acids is 1. The minimum atomic E-state index is -0.315. The molecule has 1 fully saturated rings. The second-order valence-electron chi connectivity index (χ2n) is 4.24. The molecule has 0 spiro atoms. The first kappa shape index (κ1) is 12.4. The largest absolute Gasteiger partial charge is 0.446 e. The summed E-state index contributed by atoms with van der Waals surface area (Å²) in [5.74, 6) is 0. The van der Waals surface area contributed by atoms with E-state index in [9.17, 15) is 4.79 Å². The Morgan fingerprint density at radius 3 is 3.00 bits per heavy atom. The van der Waals surface area contributed by atoms with Gasteiger partial charge in [-0.2, -0.15) is 0 Å². The Hall–Kier alpha value is -1.10. The average Bonchev–Trinajstić information content (AvgIpc) is 2.96. The normalized spacial score (nSPS) is 16.1. The highest BCUT2D eigenvalue weighted by Crippen LogP contribution is 2.21. The van der Waals surface area contributed by atoms with Gasteiger partial charge in [-0.1, -0.05) is 6.92 Å². The van der Waals surface area contributed by atoms with E-state index in [-0.39, 0.29) is 12.2 Å². The van der Waals surface area contributed by atoms with Crippen LogP contribution in [0.3, 0.4) is 0 Å². The maximum absolute atomic E-state index is 11.5. The Morgan fingerprint density at radius 2 is 2.35 bits per heavy atom. The van der Waals surface area contributed by atoms with Crippen LogP contribution in [0.2, 0.25) is 0 Å². The highest BCUT2D eigenvalue weighted by molar-refractivity contribution is 7.11. The van der Waals surface area contributed by atoms with Crippen LogP contribution in [-0.2, 0) is 17.7 Å². The molecular weight excluding hydrogens is 236 g/mol. The topological polar surface area (TPSA) is 51.2 Å². The molecule has 5 heteroatoms. The molecule has 1 saturated carbocycles. The van der Waals surface area contributed by atoms with Crippen molar-refractivity contribution in [2.45, 2.75) is 51.7 Å². The van der Waals surface area contributed by atoms with E-state index in [1.165, 1.54) is 17.7 Å². The Labute approximate surface area is 105 Å². The van der Waals surface area contributed by atoms with Gasteiger partial charge in [0.05, 0.1) is 6.54 Å². The molecule has 4 nitrogen and oxygen atoms in total. The average molecular weight is 254 g/mol. The van der Waals surface area contributed by atoms with Crippen LogP contribution in [0.4, 0.5) is 4.79 Å². The van der Waals surface area contributed by atoms with Crippen LogP contribution in [0.1, 0.15) is 42.5 Å². The molecule has 0 aromatic carbocycles. The molecule has 1 aliphatic rings. The van der Waals surface area contributed by atoms with Gasteiger partial charge in [0.1, 0.15) is 11.1 Å². The van der Waals surface area contributed by atoms with E-state index in [2.05, 4.69) is 17.2 Å². The lowest BCUT2D eigenvalue weighted by Gasteiger charge is -2.11. The van der Waals surface area contributed by atoms with Gasteiger partial charge in [0.2, 0.25) is 0 Å². The first-order valence-electron chi connectivity index (χ1n) is 6.16. The maximum atomic E-state index is 11.5. The molecule has 2 rings (SSSR count). The zero-order valence-electron chi connectivity index (χ0n) is 10.1. The summed E-state index contributed by atoms with van der Waals surface area (Å²) in [6.07, 6.45) is 7.01. The Morgan fingerprint density at radius 1 is 1.59 bits per heavy atom. The maximum Gasteiger partial charge on any atom is 0.407 e. The summed E-state index contributed by atoms with van der Waals surface area (Å²) in [4.78, 5) is 17.0. The molecule has 0 aliphatic heterocycles. The third-order valence-corrected chi connectivity index (χ3v) is 4.05. The Balaban J connectivity index is 1.71. The van der Waals surface area contributed by atoms with Gasteiger partial charge in [-0.25, -0.2) is 9.78 Å². The second kappa shape index (κ2) is 6.00. The first-order chi connectivity index (χ1) is 8.28. The summed E-state index contributed by atoms with van der Waals surface area (Å²) >= 11 is 1.64. The van der Waals surface area contributed by atoms with Crippen LogP contribution in [-0.4, -0.2) is 17.2 Å². The van der Waals surface area contributed by atoms with Crippen molar-refractivity contribution in [2.75, 3.05) is 0 Å². The van der Waals surface area contributed by atoms with Crippen LogP contribution in [0.15, 0.2) is 6.20 Å². The molecule has 0 radical (unpaired) electrons. The molecule has 94 valence electrons. The van der Waals surface area contributed by atoms with Crippen LogP contribution in [0, 0.1) is 0 Å². The third-order valence-electron chi connectivity index (χ3n) is 2.91. The predicted molar refractivity (Wildman–Crippen MR) is 67.1 cm³/mol. The minimum absolute atomic E-state index is 0.123. The fraction of sp³-hybridized carbons (Fsp3) is 0.667. The molecule has 1 heterocycles. The number of nitrogens with one attached hydrogen (secondary N) is 1. The van der Waals surface area contributed by atoms with E-state index in [0.717, 1.165) is 24.3 Å². The number of aromatic nitrogens is 1. The summed E-state index contributed by atoms with van der Waals surface area (Å²) < 4.78 is 5.29. The van der Waals surface area contributed by atoms with Crippen molar-refractivity contribution in [3.8, 4) is 0 Å². The second-order valence-corrected chi connectivity index (χ2v) is 5.44. The molecular formula is C12H18N2O2S. The summed E-state index contributed by atoms with van der Waals surface area (Å²) in [6, 6.07) is 0. The highest BCUT2D eigenvalue weighted by atomic mass is 32.1. The van der Waals surface area contributed by atoms with Gasteiger partial charge in [-0.15, -0.1) is 11.3 Å². The monoisotopic (exact) mass is 254 g/mol. The third kappa shape index (κ3) is 3.70. The van der Waals surface area contributed by atoms with Gasteiger partial charge in [-0.3, -0.25) is 0 Å². The van der Waals surface area contributed by atoms with Crippen LogP contribution in [0.5, 0.6) is 0 Å². The summed E-state index contributed by atoms with van der Waals surface area (Å²) in [7, 11) is 0. The smallest absolute Gasteiger partial charge is 0.407 e. The zero-order chi connectivity index (χ0) is 12.1. The molecule has 1 aliphatic carbocycles. The number of nitrogens with zero attached hydrogens (tertiary/aromatic N) is 1. The number of rotatable bonds is 4. The molecule has 1 N–H and O–H groups in total. The molecule has 0 unspecified atom stereocenters. The van der Waals surface area contributed by atoms with Gasteiger partial charge in [-0.05, 0) is 32.1 Å². The predicted octanol–water partition coefficient (Wildman–Crippen LogP) is 2.87. The van der Waals surface area contributed by atoms with Gasteiger partial charge in [0, 0.05) is 11.1 Å². The first-order valence-corrected chi connectivity index (χ1v) is 6.97. The van der Waals surface area contributed by atoms with Crippen LogP contribution < -0.4 is 5.32 Å². The molecule has 17 heavy (non-hydrogen) atoms. The number of ether oxygens (including phenoxy) is 1. The lowest BCUT2D eigenvalue weighted by atomic mass is 10.3. The molecule has 0 bridgehead atoms. The number of thiazole rings is 1. The summed E-state index contributed by atoms with van der Waals surface area (Å²) in [5.41, 5.74) is 0. The van der Waals surface area contributed by atoms with Crippen molar-refractivity contribution < 1.29 is 9.53 Å². The minimum Gasteiger partial charge on any atom is -0.446 e. The Bertz CT molecular complexity index is 372. The summed E-state index contributed by atoms with van der Waals surface area (Å²) in [6.45, 7) is 2.56. The molecule has 1 aromatic rings. The number of amides is 1. The van der Waals surface area contributed by atoms with Crippen molar-refractivity contribution >= 4 is 17.4 Å². The van der Waals surface area contributed by atoms with Crippen LogP contribution >= 0.6 is 11.3 Å². The standard InChI is InChI=1S/C12H18N2O2S/c1-2-10-7-13-11(17-10)8-14-12(15)16-9-5-3-4-6-9/h7,9H,2-6,8H2,1H3,(H,14,15). The lowest BCUT2D eigenvalue weighted by molar-refractivity contribution is 0.100. The van der Waals surface area contributed by atoms with Crippen molar-refractivity contribution in [2.24, 2.45) is 0 Å². The number of hydrogen-bond acceptors (Lipinski definition) is 4. The van der Waals surface area contributed by atoms with E-state index in [0.29, 0.717) is 6.54 Å². The number of hydrogen-bond donors (Lipinski definition) is 1. The highest BCUT2D eigenvalue weighted by Gasteiger charge is 2.18. The van der Waals surface area contributed by atoms with E-state index in [1.54, 1.807) is 11.3 Å². The van der Waals surface area contributed by atoms with Gasteiger partial charge >= 0.3 is 6.09 Å². The molecule has 1 aromatic heterocycles. The van der Waals surface area contributed by atoms with E-state index >= 15 is 0 Å². The molecule has 0 atom stereocenters. The zero-order valence-corrected chi connectivity index (χ0v) is 10.9. The fourth-order valence-electron chi connectivity index (χ4n) is 1.94. The Kier molecular flexibility index (Phi) is 4.36. The quantitative estimate of drug-likeness (QED) is 0.898. The number of aryl methyl sites for hydroxylation is 1. The van der Waals surface area contributed by atoms with Crippen molar-refractivity contribution in [3.05, 3.63) is 16.1 Å². The van der Waals surface area contributed by atoms with Crippen molar-refractivity contribution in [1.29, 1.82) is 0 Å². The SMILES string of the molecule is CCc1cnc(CNC(=O)OC2CCCC2)s1. The van der Waals surface area contributed by atoms with E-state index in [1.807, 2.05) is 6.20 Å². The van der Waals surface area contributed by atoms with Crippen molar-refractivity contribution in [3.63, 3.8) is 0 Å². The summed E-state index contributed by atoms with van der Waals surface area (Å²) in [5, 5.41) is 3.69. The van der Waals surface area contributed by atoms with Gasteiger partial charge in [0.25, 0.3) is 0 Å². The number of alkyl carbamates (subject to hydrolysis) is 1. The number of carbonyl (C=O) groups is 1. The van der Waals surface area contributed by atoms with E-state index < -0.39 is 0 Å². The molecule has 0 saturated heterocycles. The van der Waals surface area contributed by atoms with Crippen molar-refractivity contribution in [1.82, 2.24) is 10.3 Å². The lowest BCUT2D eigenvalue weighted by Crippen LogP contribution is -2.27. The van der Waals surface area contributed by atoms with Gasteiger partial charge in [0.15, 0.2) is 0 Å². The molecule has 1 amide bonds. The fourth-order valence-corrected chi connectivity index (χ4v) is 2.74. The van der Waals surface area contributed by atoms with E-state index in [4.69, 9.17) is 4.74 Å².